The average molecular weight is 469 g/mol. The smallest absolute Gasteiger partial charge is 0.322 e. The van der Waals surface area contributed by atoms with Crippen molar-refractivity contribution in [2.45, 2.75) is 56.7 Å². The molecule has 0 aliphatic rings. The molecule has 0 saturated heterocycles. The average Bonchev–Trinajstić information content (AvgIpc) is 3.27. The number of carboxylic acid groups (broad SMARTS) is 2. The Kier molecular flexibility index (Phi) is 12.1. The summed E-state index contributed by atoms with van der Waals surface area (Å²) < 4.78 is 0. The molecule has 184 valence electrons. The van der Waals surface area contributed by atoms with E-state index in [0.717, 1.165) is 0 Å². The first-order valence-corrected chi connectivity index (χ1v) is 10.4. The highest BCUT2D eigenvalue weighted by atomic mass is 16.4. The van der Waals surface area contributed by atoms with E-state index in [0.29, 0.717) is 31.5 Å². The number of nitrogens with one attached hydrogen (secondary N) is 4. The van der Waals surface area contributed by atoms with Gasteiger partial charge < -0.3 is 42.6 Å². The molecule has 14 nitrogen and oxygen atoms in total. The van der Waals surface area contributed by atoms with Crippen molar-refractivity contribution in [1.82, 2.24) is 25.9 Å². The number of rotatable bonds is 16. The summed E-state index contributed by atoms with van der Waals surface area (Å²) in [5.74, 6) is -4.72. The number of carboxylic acids is 2. The molecule has 33 heavy (non-hydrogen) atoms. The maximum atomic E-state index is 12.9. The lowest BCUT2D eigenvalue weighted by Gasteiger charge is -2.23. The number of carbonyl (C=O) groups excluding carboxylic acids is 3. The van der Waals surface area contributed by atoms with E-state index >= 15 is 0 Å². The van der Waals surface area contributed by atoms with Gasteiger partial charge in [0.2, 0.25) is 17.7 Å². The van der Waals surface area contributed by atoms with E-state index in [1.807, 2.05) is 0 Å². The van der Waals surface area contributed by atoms with Crippen molar-refractivity contribution >= 4 is 29.7 Å². The number of aromatic amines is 1. The SMILES string of the molecule is NCCCCC(N)C(=O)NC(Cc1cnc[nH]1)C(=O)NC(CCC(=O)O)C(=O)NCC(=O)O. The van der Waals surface area contributed by atoms with Gasteiger partial charge >= 0.3 is 11.9 Å². The minimum Gasteiger partial charge on any atom is -0.481 e. The molecule has 1 aromatic heterocycles. The molecular formula is C19H31N7O7. The van der Waals surface area contributed by atoms with Crippen LogP contribution in [0.2, 0.25) is 0 Å². The lowest BCUT2D eigenvalue weighted by atomic mass is 10.1. The zero-order chi connectivity index (χ0) is 24.8. The fraction of sp³-hybridized carbons (Fsp3) is 0.579. The highest BCUT2D eigenvalue weighted by Gasteiger charge is 2.29. The van der Waals surface area contributed by atoms with Crippen LogP contribution >= 0.6 is 0 Å². The molecule has 3 unspecified atom stereocenters. The Morgan fingerprint density at radius 1 is 0.970 bits per heavy atom. The summed E-state index contributed by atoms with van der Waals surface area (Å²) >= 11 is 0. The summed E-state index contributed by atoms with van der Waals surface area (Å²) in [4.78, 5) is 66.0. The summed E-state index contributed by atoms with van der Waals surface area (Å²) in [6, 6.07) is -3.36. The number of imidazole rings is 1. The van der Waals surface area contributed by atoms with Crippen molar-refractivity contribution in [2.75, 3.05) is 13.1 Å². The van der Waals surface area contributed by atoms with Crippen LogP contribution in [-0.2, 0) is 30.4 Å². The number of nitrogens with two attached hydrogens (primary N) is 2. The zero-order valence-electron chi connectivity index (χ0n) is 18.1. The van der Waals surface area contributed by atoms with Crippen LogP contribution in [0.5, 0.6) is 0 Å². The van der Waals surface area contributed by atoms with Crippen molar-refractivity contribution in [1.29, 1.82) is 0 Å². The van der Waals surface area contributed by atoms with Crippen LogP contribution in [0.3, 0.4) is 0 Å². The van der Waals surface area contributed by atoms with E-state index in [-0.39, 0.29) is 12.8 Å². The van der Waals surface area contributed by atoms with Gasteiger partial charge in [0.25, 0.3) is 0 Å². The van der Waals surface area contributed by atoms with Crippen LogP contribution in [-0.4, -0.2) is 81.1 Å². The number of unbranched alkanes of at least 4 members (excludes halogenated alkanes) is 1. The quantitative estimate of drug-likeness (QED) is 0.118. The largest absolute Gasteiger partial charge is 0.481 e. The van der Waals surface area contributed by atoms with E-state index in [1.165, 1.54) is 12.5 Å². The van der Waals surface area contributed by atoms with Gasteiger partial charge in [0.05, 0.1) is 12.4 Å². The van der Waals surface area contributed by atoms with Gasteiger partial charge in [0.15, 0.2) is 0 Å². The van der Waals surface area contributed by atoms with E-state index in [4.69, 9.17) is 21.7 Å². The predicted octanol–water partition coefficient (Wildman–Crippen LogP) is -2.56. The molecule has 0 aromatic carbocycles. The fourth-order valence-corrected chi connectivity index (χ4v) is 2.84. The highest BCUT2D eigenvalue weighted by Crippen LogP contribution is 2.05. The van der Waals surface area contributed by atoms with Gasteiger partial charge in [-0.05, 0) is 25.8 Å². The second kappa shape index (κ2) is 14.5. The third kappa shape index (κ3) is 11.1. The van der Waals surface area contributed by atoms with Crippen molar-refractivity contribution < 1.29 is 34.2 Å². The third-order valence-corrected chi connectivity index (χ3v) is 4.61. The molecule has 0 bridgehead atoms. The van der Waals surface area contributed by atoms with E-state index in [2.05, 4.69) is 25.9 Å². The Morgan fingerprint density at radius 3 is 2.24 bits per heavy atom. The summed E-state index contributed by atoms with van der Waals surface area (Å²) in [5.41, 5.74) is 11.8. The van der Waals surface area contributed by atoms with Crippen LogP contribution in [0.1, 0.15) is 37.8 Å². The summed E-state index contributed by atoms with van der Waals surface area (Å²) in [7, 11) is 0. The Hall–Kier alpha value is -3.52. The molecule has 0 aliphatic heterocycles. The Bertz CT molecular complexity index is 800. The number of carbonyl (C=O) groups is 5. The summed E-state index contributed by atoms with van der Waals surface area (Å²) in [6.45, 7) is -0.245. The molecule has 3 amide bonds. The lowest BCUT2D eigenvalue weighted by Crippen LogP contribution is -2.56. The maximum Gasteiger partial charge on any atom is 0.322 e. The number of H-pyrrole nitrogens is 1. The second-order valence-electron chi connectivity index (χ2n) is 7.34. The van der Waals surface area contributed by atoms with E-state index < -0.39 is 60.8 Å². The van der Waals surface area contributed by atoms with Crippen molar-refractivity contribution in [3.63, 3.8) is 0 Å². The lowest BCUT2D eigenvalue weighted by molar-refractivity contribution is -0.140. The molecule has 0 fully saturated rings. The Labute approximate surface area is 189 Å². The third-order valence-electron chi connectivity index (χ3n) is 4.61. The number of hydrogen-bond acceptors (Lipinski definition) is 8. The molecule has 1 heterocycles. The molecule has 0 spiro atoms. The van der Waals surface area contributed by atoms with E-state index in [1.54, 1.807) is 0 Å². The Morgan fingerprint density at radius 2 is 1.67 bits per heavy atom. The van der Waals surface area contributed by atoms with Crippen LogP contribution in [0.15, 0.2) is 12.5 Å². The van der Waals surface area contributed by atoms with Crippen molar-refractivity contribution in [2.24, 2.45) is 11.5 Å². The molecule has 14 heteroatoms. The molecular weight excluding hydrogens is 438 g/mol. The van der Waals surface area contributed by atoms with Crippen molar-refractivity contribution in [3.8, 4) is 0 Å². The number of amides is 3. The normalized spacial score (nSPS) is 13.4. The maximum absolute atomic E-state index is 12.9. The number of nitrogens with zero attached hydrogens (tertiary/aromatic N) is 1. The molecule has 0 aliphatic carbocycles. The standard InChI is InChI=1S/C19H31N7O7/c20-6-2-1-3-12(21)17(31)26-14(7-11-8-22-10-24-11)19(33)25-13(4-5-15(27)28)18(32)23-9-16(29)30/h8,10,12-14H,1-7,9,20-21H2,(H,22,24)(H,23,32)(H,25,33)(H,26,31)(H,27,28)(H,29,30). The molecule has 3 atom stereocenters. The minimum atomic E-state index is -1.33. The van der Waals surface area contributed by atoms with Crippen LogP contribution in [0.4, 0.5) is 0 Å². The predicted molar refractivity (Wildman–Crippen MR) is 115 cm³/mol. The topological polar surface area (TPSA) is 243 Å². The summed E-state index contributed by atoms with van der Waals surface area (Å²) in [5, 5.41) is 24.7. The number of aliphatic carboxylic acids is 2. The van der Waals surface area contributed by atoms with Gasteiger partial charge in [-0.3, -0.25) is 24.0 Å². The van der Waals surface area contributed by atoms with Gasteiger partial charge in [-0.25, -0.2) is 4.98 Å². The van der Waals surface area contributed by atoms with Crippen LogP contribution in [0.25, 0.3) is 0 Å². The molecule has 1 rings (SSSR count). The summed E-state index contributed by atoms with van der Waals surface area (Å²) in [6.07, 6.45) is 3.79. The van der Waals surface area contributed by atoms with Crippen LogP contribution in [0, 0.1) is 0 Å². The van der Waals surface area contributed by atoms with Crippen molar-refractivity contribution in [3.05, 3.63) is 18.2 Å². The fourth-order valence-electron chi connectivity index (χ4n) is 2.84. The molecule has 1 aromatic rings. The molecule has 10 N–H and O–H groups in total. The first kappa shape index (κ1) is 27.5. The van der Waals surface area contributed by atoms with E-state index in [9.17, 15) is 24.0 Å². The van der Waals surface area contributed by atoms with Gasteiger partial charge in [0.1, 0.15) is 18.6 Å². The number of aromatic nitrogens is 2. The zero-order valence-corrected chi connectivity index (χ0v) is 18.1. The highest BCUT2D eigenvalue weighted by molar-refractivity contribution is 5.94. The first-order valence-electron chi connectivity index (χ1n) is 10.4. The van der Waals surface area contributed by atoms with Gasteiger partial charge in [-0.15, -0.1) is 0 Å². The monoisotopic (exact) mass is 469 g/mol. The number of hydrogen-bond donors (Lipinski definition) is 8. The van der Waals surface area contributed by atoms with Gasteiger partial charge in [0, 0.05) is 24.7 Å². The molecule has 0 saturated carbocycles. The van der Waals surface area contributed by atoms with Crippen LogP contribution < -0.4 is 27.4 Å². The minimum absolute atomic E-state index is 0.00448. The second-order valence-corrected chi connectivity index (χ2v) is 7.34. The molecule has 0 radical (unpaired) electrons. The van der Waals surface area contributed by atoms with Gasteiger partial charge in [-0.2, -0.15) is 0 Å². The Balaban J connectivity index is 2.92. The van der Waals surface area contributed by atoms with Gasteiger partial charge in [-0.1, -0.05) is 6.42 Å². The first-order chi connectivity index (χ1) is 15.6.